The van der Waals surface area contributed by atoms with E-state index in [1.54, 1.807) is 0 Å². The fraction of sp³-hybridized carbons (Fsp3) is 0.889. The maximum absolute atomic E-state index is 12.7. The van der Waals surface area contributed by atoms with Crippen LogP contribution in [0, 0.1) is 29.6 Å². The molecule has 22 heavy (non-hydrogen) atoms. The average molecular weight is 309 g/mol. The highest BCUT2D eigenvalue weighted by Crippen LogP contribution is 2.41. The lowest BCUT2D eigenvalue weighted by Gasteiger charge is -2.43. The lowest BCUT2D eigenvalue weighted by Crippen LogP contribution is -2.55. The van der Waals surface area contributed by atoms with E-state index in [4.69, 9.17) is 10.5 Å². The molecule has 0 aromatic rings. The molecule has 0 radical (unpaired) electrons. The highest BCUT2D eigenvalue weighted by molar-refractivity contribution is 5.87. The summed E-state index contributed by atoms with van der Waals surface area (Å²) >= 11 is 0. The quantitative estimate of drug-likeness (QED) is 0.813. The molecule has 2 saturated carbocycles. The van der Waals surface area contributed by atoms with Gasteiger partial charge in [0.2, 0.25) is 0 Å². The summed E-state index contributed by atoms with van der Waals surface area (Å²) in [6, 6.07) is 0. The Labute approximate surface area is 134 Å². The first-order chi connectivity index (χ1) is 10.3. The first kappa shape index (κ1) is 17.3. The van der Waals surface area contributed by atoms with E-state index in [9.17, 15) is 9.59 Å². The summed E-state index contributed by atoms with van der Waals surface area (Å²) in [5, 5.41) is 0. The molecular weight excluding hydrogens is 278 g/mol. The minimum atomic E-state index is -1.09. The molecule has 4 heteroatoms. The van der Waals surface area contributed by atoms with Gasteiger partial charge < -0.3 is 10.5 Å². The topological polar surface area (TPSA) is 69.4 Å². The van der Waals surface area contributed by atoms with E-state index in [1.807, 2.05) is 6.92 Å². The number of ether oxygens (including phenoxy) is 1. The van der Waals surface area contributed by atoms with Gasteiger partial charge in [-0.25, -0.2) is 0 Å². The van der Waals surface area contributed by atoms with E-state index >= 15 is 0 Å². The second-order valence-electron chi connectivity index (χ2n) is 7.96. The van der Waals surface area contributed by atoms with Crippen LogP contribution in [0.15, 0.2) is 0 Å². The molecule has 2 rings (SSSR count). The van der Waals surface area contributed by atoms with Crippen molar-refractivity contribution in [2.24, 2.45) is 35.3 Å². The largest absolute Gasteiger partial charge is 0.448 e. The van der Waals surface area contributed by atoms with Crippen molar-refractivity contribution in [3.05, 3.63) is 0 Å². The van der Waals surface area contributed by atoms with Gasteiger partial charge >= 0.3 is 5.97 Å². The fourth-order valence-corrected chi connectivity index (χ4v) is 4.46. The molecule has 2 aliphatic rings. The van der Waals surface area contributed by atoms with Gasteiger partial charge in [-0.2, -0.15) is 0 Å². The smallest absolute Gasteiger partial charge is 0.310 e. The van der Waals surface area contributed by atoms with Gasteiger partial charge in [0.25, 0.3) is 5.91 Å². The predicted molar refractivity (Wildman–Crippen MR) is 85.9 cm³/mol. The number of carbonyl (C=O) groups excluding carboxylic acids is 2. The highest BCUT2D eigenvalue weighted by atomic mass is 16.6. The lowest BCUT2D eigenvalue weighted by molar-refractivity contribution is -0.185. The normalized spacial score (nSPS) is 42.6. The van der Waals surface area contributed by atoms with Crippen molar-refractivity contribution in [3.63, 3.8) is 0 Å². The van der Waals surface area contributed by atoms with E-state index in [0.717, 1.165) is 32.1 Å². The molecule has 126 valence electrons. The second-order valence-corrected chi connectivity index (χ2v) is 7.96. The molecule has 2 fully saturated rings. The zero-order valence-electron chi connectivity index (χ0n) is 14.4. The Morgan fingerprint density at radius 1 is 1.00 bits per heavy atom. The Morgan fingerprint density at radius 2 is 1.64 bits per heavy atom. The lowest BCUT2D eigenvalue weighted by atomic mass is 9.71. The number of nitrogens with two attached hydrogens (primary N) is 1. The van der Waals surface area contributed by atoms with Gasteiger partial charge in [0.15, 0.2) is 5.60 Å². The van der Waals surface area contributed by atoms with Crippen LogP contribution in [-0.2, 0) is 14.3 Å². The zero-order chi connectivity index (χ0) is 16.5. The summed E-state index contributed by atoms with van der Waals surface area (Å²) in [6.07, 6.45) is 5.30. The summed E-state index contributed by atoms with van der Waals surface area (Å²) in [4.78, 5) is 24.8. The summed E-state index contributed by atoms with van der Waals surface area (Å²) in [7, 11) is 0. The number of hydrogen-bond donors (Lipinski definition) is 1. The van der Waals surface area contributed by atoms with Crippen molar-refractivity contribution < 1.29 is 14.3 Å². The van der Waals surface area contributed by atoms with Crippen molar-refractivity contribution in [1.82, 2.24) is 0 Å². The van der Waals surface area contributed by atoms with Crippen molar-refractivity contribution in [2.45, 2.75) is 71.8 Å². The molecule has 0 saturated heterocycles. The highest BCUT2D eigenvalue weighted by Gasteiger charge is 2.50. The number of carbonyl (C=O) groups is 2. The third kappa shape index (κ3) is 3.31. The number of hydrogen-bond acceptors (Lipinski definition) is 3. The Hall–Kier alpha value is -1.06. The van der Waals surface area contributed by atoms with E-state index in [0.29, 0.717) is 24.2 Å². The maximum Gasteiger partial charge on any atom is 0.310 e. The first-order valence-electron chi connectivity index (χ1n) is 8.79. The monoisotopic (exact) mass is 309 g/mol. The number of rotatable bonds is 3. The van der Waals surface area contributed by atoms with Gasteiger partial charge in [0.1, 0.15) is 0 Å². The van der Waals surface area contributed by atoms with Gasteiger partial charge in [-0.3, -0.25) is 9.59 Å². The van der Waals surface area contributed by atoms with Crippen LogP contribution in [0.25, 0.3) is 0 Å². The molecule has 2 N–H and O–H groups in total. The Bertz CT molecular complexity index is 436. The van der Waals surface area contributed by atoms with Gasteiger partial charge in [-0.05, 0) is 56.3 Å². The molecule has 6 atom stereocenters. The molecule has 2 aliphatic carbocycles. The van der Waals surface area contributed by atoms with Crippen molar-refractivity contribution in [1.29, 1.82) is 0 Å². The number of esters is 1. The zero-order valence-corrected chi connectivity index (χ0v) is 14.4. The molecular formula is C18H31NO3. The van der Waals surface area contributed by atoms with Crippen LogP contribution in [0.2, 0.25) is 0 Å². The second kappa shape index (κ2) is 6.59. The predicted octanol–water partition coefficient (Wildman–Crippen LogP) is 3.28. The van der Waals surface area contributed by atoms with Gasteiger partial charge in [0, 0.05) is 5.92 Å². The van der Waals surface area contributed by atoms with Crippen molar-refractivity contribution >= 4 is 11.9 Å². The Morgan fingerprint density at radius 3 is 2.18 bits per heavy atom. The molecule has 0 bridgehead atoms. The van der Waals surface area contributed by atoms with E-state index in [2.05, 4.69) is 20.8 Å². The SMILES string of the molecule is CC1CCC(C(=O)OC2(C(N)=O)CCC(C)CC2C)C(C)C1. The van der Waals surface area contributed by atoms with Crippen LogP contribution in [0.4, 0.5) is 0 Å². The van der Waals surface area contributed by atoms with Crippen LogP contribution in [0.3, 0.4) is 0 Å². The van der Waals surface area contributed by atoms with Crippen LogP contribution in [0.5, 0.6) is 0 Å². The molecule has 6 unspecified atom stereocenters. The molecule has 0 spiro atoms. The molecule has 0 aromatic carbocycles. The minimum Gasteiger partial charge on any atom is -0.448 e. The summed E-state index contributed by atoms with van der Waals surface area (Å²) in [5.74, 6) is 0.763. The van der Waals surface area contributed by atoms with Crippen LogP contribution < -0.4 is 5.73 Å². The van der Waals surface area contributed by atoms with E-state index in [1.165, 1.54) is 0 Å². The molecule has 1 amide bonds. The van der Waals surface area contributed by atoms with E-state index in [-0.39, 0.29) is 17.8 Å². The van der Waals surface area contributed by atoms with Crippen LogP contribution in [0.1, 0.15) is 66.2 Å². The third-order valence-electron chi connectivity index (χ3n) is 5.99. The first-order valence-corrected chi connectivity index (χ1v) is 8.79. The van der Waals surface area contributed by atoms with Crippen LogP contribution in [-0.4, -0.2) is 17.5 Å². The van der Waals surface area contributed by atoms with Crippen LogP contribution >= 0.6 is 0 Å². The van der Waals surface area contributed by atoms with Crippen molar-refractivity contribution in [2.75, 3.05) is 0 Å². The molecule has 0 aliphatic heterocycles. The Kier molecular flexibility index (Phi) is 5.18. The maximum atomic E-state index is 12.7. The summed E-state index contributed by atoms with van der Waals surface area (Å²) in [5.41, 5.74) is 4.57. The molecule has 4 nitrogen and oxygen atoms in total. The van der Waals surface area contributed by atoms with Gasteiger partial charge in [-0.1, -0.05) is 27.7 Å². The summed E-state index contributed by atoms with van der Waals surface area (Å²) in [6.45, 7) is 8.51. The number of amides is 1. The summed E-state index contributed by atoms with van der Waals surface area (Å²) < 4.78 is 5.83. The minimum absolute atomic E-state index is 0.00415. The van der Waals surface area contributed by atoms with Gasteiger partial charge in [-0.15, -0.1) is 0 Å². The van der Waals surface area contributed by atoms with E-state index < -0.39 is 11.5 Å². The fourth-order valence-electron chi connectivity index (χ4n) is 4.46. The van der Waals surface area contributed by atoms with Crippen molar-refractivity contribution in [3.8, 4) is 0 Å². The standard InChI is InChI=1S/C18H31NO3/c1-11-5-6-15(13(3)9-11)16(20)22-18(17(19)21)8-7-12(2)10-14(18)4/h11-15H,5-10H2,1-4H3,(H2,19,21). The molecule has 0 heterocycles. The number of primary amides is 1. The average Bonchev–Trinajstić information content (AvgIpc) is 2.41. The van der Waals surface area contributed by atoms with Gasteiger partial charge in [0.05, 0.1) is 5.92 Å². The molecule has 0 aromatic heterocycles. The third-order valence-corrected chi connectivity index (χ3v) is 5.99. The Balaban J connectivity index is 2.11.